The van der Waals surface area contributed by atoms with Crippen LogP contribution in [0.4, 0.5) is 0 Å². The lowest BCUT2D eigenvalue weighted by Crippen LogP contribution is -2.14. The molecule has 1 aromatic carbocycles. The van der Waals surface area contributed by atoms with Gasteiger partial charge in [-0.3, -0.25) is 4.68 Å². The highest BCUT2D eigenvalue weighted by atomic mass is 35.5. The van der Waals surface area contributed by atoms with Gasteiger partial charge in [-0.25, -0.2) is 0 Å². The van der Waals surface area contributed by atoms with Gasteiger partial charge in [0.1, 0.15) is 0 Å². The van der Waals surface area contributed by atoms with E-state index in [2.05, 4.69) is 49.5 Å². The summed E-state index contributed by atoms with van der Waals surface area (Å²) in [4.78, 5) is 0. The predicted octanol–water partition coefficient (Wildman–Crippen LogP) is 4.42. The fraction of sp³-hybridized carbons (Fsp3) is 0.471. The molecule has 114 valence electrons. The highest BCUT2D eigenvalue weighted by Gasteiger charge is 2.12. The maximum absolute atomic E-state index is 6.16. The van der Waals surface area contributed by atoms with Crippen LogP contribution in [-0.4, -0.2) is 16.3 Å². The first-order valence-corrected chi connectivity index (χ1v) is 8.07. The van der Waals surface area contributed by atoms with E-state index in [1.54, 1.807) is 0 Å². The number of benzene rings is 1. The minimum absolute atomic E-state index is 0.783. The molecule has 0 bridgehead atoms. The average Bonchev–Trinajstić information content (AvgIpc) is 2.81. The Bertz CT molecular complexity index is 590. The topological polar surface area (TPSA) is 29.9 Å². The molecule has 0 aliphatic heterocycles. The van der Waals surface area contributed by atoms with Crippen LogP contribution in [0, 0.1) is 6.92 Å². The third-order valence-corrected chi connectivity index (χ3v) is 3.73. The number of aromatic nitrogens is 2. The van der Waals surface area contributed by atoms with E-state index >= 15 is 0 Å². The summed E-state index contributed by atoms with van der Waals surface area (Å²) in [6, 6.07) is 6.11. The van der Waals surface area contributed by atoms with Crippen LogP contribution in [0.15, 0.2) is 24.4 Å². The number of hydrogen-bond acceptors (Lipinski definition) is 2. The van der Waals surface area contributed by atoms with E-state index in [1.807, 2.05) is 10.7 Å². The Morgan fingerprint density at radius 2 is 2.00 bits per heavy atom. The Morgan fingerprint density at radius 3 is 2.71 bits per heavy atom. The normalized spacial score (nSPS) is 11.0. The molecule has 0 fully saturated rings. The molecule has 0 unspecified atom stereocenters. The average molecular weight is 306 g/mol. The molecular formula is C17H24ClN3. The number of hydrogen-bond donors (Lipinski definition) is 1. The number of aryl methyl sites for hydroxylation is 2. The van der Waals surface area contributed by atoms with Gasteiger partial charge in [0, 0.05) is 29.9 Å². The molecule has 1 heterocycles. The van der Waals surface area contributed by atoms with E-state index in [4.69, 9.17) is 11.6 Å². The highest BCUT2D eigenvalue weighted by Crippen LogP contribution is 2.28. The van der Waals surface area contributed by atoms with Gasteiger partial charge in [-0.05, 0) is 49.6 Å². The van der Waals surface area contributed by atoms with E-state index < -0.39 is 0 Å². The molecule has 0 spiro atoms. The monoisotopic (exact) mass is 305 g/mol. The lowest BCUT2D eigenvalue weighted by Gasteiger charge is -2.10. The van der Waals surface area contributed by atoms with Gasteiger partial charge in [-0.1, -0.05) is 31.5 Å². The number of rotatable bonds is 7. The van der Waals surface area contributed by atoms with Crippen molar-refractivity contribution in [3.63, 3.8) is 0 Å². The molecule has 2 rings (SSSR count). The number of nitrogens with zero attached hydrogens (tertiary/aromatic N) is 2. The zero-order valence-electron chi connectivity index (χ0n) is 13.1. The van der Waals surface area contributed by atoms with Crippen molar-refractivity contribution in [2.45, 2.75) is 46.7 Å². The van der Waals surface area contributed by atoms with Gasteiger partial charge in [-0.15, -0.1) is 0 Å². The smallest absolute Gasteiger partial charge is 0.0672 e. The van der Waals surface area contributed by atoms with Crippen molar-refractivity contribution < 1.29 is 0 Å². The van der Waals surface area contributed by atoms with Crippen LogP contribution in [0.25, 0.3) is 11.1 Å². The van der Waals surface area contributed by atoms with Crippen molar-refractivity contribution >= 4 is 11.6 Å². The van der Waals surface area contributed by atoms with Crippen LogP contribution in [0.3, 0.4) is 0 Å². The molecule has 21 heavy (non-hydrogen) atoms. The van der Waals surface area contributed by atoms with E-state index in [1.165, 1.54) is 16.7 Å². The van der Waals surface area contributed by atoms with Crippen LogP contribution in [0.5, 0.6) is 0 Å². The third kappa shape index (κ3) is 4.08. The molecule has 0 aliphatic rings. The summed E-state index contributed by atoms with van der Waals surface area (Å²) in [5.41, 5.74) is 4.73. The zero-order valence-corrected chi connectivity index (χ0v) is 13.9. The van der Waals surface area contributed by atoms with Crippen LogP contribution < -0.4 is 5.32 Å². The molecular weight excluding hydrogens is 282 g/mol. The first kappa shape index (κ1) is 16.1. The molecule has 2 aromatic rings. The fourth-order valence-electron chi connectivity index (χ4n) is 2.50. The second-order valence-electron chi connectivity index (χ2n) is 5.37. The molecule has 0 saturated heterocycles. The van der Waals surface area contributed by atoms with Gasteiger partial charge in [0.25, 0.3) is 0 Å². The van der Waals surface area contributed by atoms with Crippen molar-refractivity contribution in [2.24, 2.45) is 0 Å². The van der Waals surface area contributed by atoms with Crippen molar-refractivity contribution in [2.75, 3.05) is 6.54 Å². The fourth-order valence-corrected chi connectivity index (χ4v) is 2.69. The lowest BCUT2D eigenvalue weighted by atomic mass is 10.0. The summed E-state index contributed by atoms with van der Waals surface area (Å²) in [5.74, 6) is 0. The van der Waals surface area contributed by atoms with Crippen LogP contribution in [0.2, 0.25) is 5.02 Å². The Hall–Kier alpha value is -1.32. The van der Waals surface area contributed by atoms with Crippen molar-refractivity contribution in [1.29, 1.82) is 0 Å². The minimum Gasteiger partial charge on any atom is -0.313 e. The summed E-state index contributed by atoms with van der Waals surface area (Å²) in [7, 11) is 0. The molecule has 1 N–H and O–H groups in total. The second kappa shape index (κ2) is 7.62. The molecule has 1 aromatic heterocycles. The van der Waals surface area contributed by atoms with E-state index in [0.29, 0.717) is 0 Å². The summed E-state index contributed by atoms with van der Waals surface area (Å²) >= 11 is 6.16. The van der Waals surface area contributed by atoms with E-state index in [-0.39, 0.29) is 0 Å². The molecule has 0 saturated carbocycles. The first-order chi connectivity index (χ1) is 10.2. The van der Waals surface area contributed by atoms with Crippen molar-refractivity contribution in [3.8, 4) is 11.1 Å². The third-order valence-electron chi connectivity index (χ3n) is 3.50. The molecule has 4 heteroatoms. The van der Waals surface area contributed by atoms with Gasteiger partial charge in [0.2, 0.25) is 0 Å². The quantitative estimate of drug-likeness (QED) is 0.767. The molecule has 0 atom stereocenters. The van der Waals surface area contributed by atoms with Gasteiger partial charge in [0.05, 0.1) is 5.69 Å². The maximum atomic E-state index is 6.16. The Kier molecular flexibility index (Phi) is 5.83. The van der Waals surface area contributed by atoms with Crippen LogP contribution in [0.1, 0.15) is 37.9 Å². The van der Waals surface area contributed by atoms with E-state index in [0.717, 1.165) is 43.2 Å². The molecule has 3 nitrogen and oxygen atoms in total. The standard InChI is InChI=1S/C17H24ClN3/c1-4-8-19-11-14-10-15(18)6-7-16(14)17-12-21(9-5-2)20-13(17)3/h6-7,10,12,19H,4-5,8-9,11H2,1-3H3. The highest BCUT2D eigenvalue weighted by molar-refractivity contribution is 6.30. The largest absolute Gasteiger partial charge is 0.313 e. The second-order valence-corrected chi connectivity index (χ2v) is 5.81. The van der Waals surface area contributed by atoms with Crippen LogP contribution in [-0.2, 0) is 13.1 Å². The molecule has 0 amide bonds. The van der Waals surface area contributed by atoms with Crippen molar-refractivity contribution in [3.05, 3.63) is 40.7 Å². The van der Waals surface area contributed by atoms with Crippen LogP contribution >= 0.6 is 11.6 Å². The zero-order chi connectivity index (χ0) is 15.2. The Morgan fingerprint density at radius 1 is 1.19 bits per heavy atom. The Labute approximate surface area is 132 Å². The van der Waals surface area contributed by atoms with Gasteiger partial charge < -0.3 is 5.32 Å². The van der Waals surface area contributed by atoms with Gasteiger partial charge in [0.15, 0.2) is 0 Å². The van der Waals surface area contributed by atoms with Crippen molar-refractivity contribution in [1.82, 2.24) is 15.1 Å². The predicted molar refractivity (Wildman–Crippen MR) is 89.7 cm³/mol. The number of halogens is 1. The summed E-state index contributed by atoms with van der Waals surface area (Å²) < 4.78 is 2.03. The van der Waals surface area contributed by atoms with Gasteiger partial charge >= 0.3 is 0 Å². The summed E-state index contributed by atoms with van der Waals surface area (Å²) in [6.07, 6.45) is 4.36. The molecule has 0 radical (unpaired) electrons. The lowest BCUT2D eigenvalue weighted by molar-refractivity contribution is 0.598. The number of nitrogens with one attached hydrogen (secondary N) is 1. The minimum atomic E-state index is 0.783. The van der Waals surface area contributed by atoms with Gasteiger partial charge in [-0.2, -0.15) is 5.10 Å². The molecule has 0 aliphatic carbocycles. The summed E-state index contributed by atoms with van der Waals surface area (Å²) in [6.45, 7) is 9.21. The van der Waals surface area contributed by atoms with E-state index in [9.17, 15) is 0 Å². The first-order valence-electron chi connectivity index (χ1n) is 7.69. The Balaban J connectivity index is 2.33. The summed E-state index contributed by atoms with van der Waals surface area (Å²) in [5, 5.41) is 8.84. The maximum Gasteiger partial charge on any atom is 0.0672 e. The SMILES string of the molecule is CCCNCc1cc(Cl)ccc1-c1cn(CCC)nc1C.